The third-order valence-electron chi connectivity index (χ3n) is 4.61. The van der Waals surface area contributed by atoms with Crippen LogP contribution in [0, 0.1) is 6.92 Å². The fourth-order valence-corrected chi connectivity index (χ4v) is 3.30. The van der Waals surface area contributed by atoms with E-state index in [0.717, 1.165) is 13.0 Å². The Bertz CT molecular complexity index is 822. The molecule has 0 amide bonds. The zero-order valence-electron chi connectivity index (χ0n) is 14.4. The van der Waals surface area contributed by atoms with Crippen molar-refractivity contribution in [3.63, 3.8) is 0 Å². The molecule has 0 aliphatic carbocycles. The number of hydrogen-bond donors (Lipinski definition) is 2. The minimum Gasteiger partial charge on any atom is -0.423 e. The first-order valence-electron chi connectivity index (χ1n) is 8.63. The van der Waals surface area contributed by atoms with Crippen LogP contribution in [-0.2, 0) is 13.0 Å². The predicted octanol–water partition coefficient (Wildman–Crippen LogP) is 3.02. The molecule has 0 aliphatic heterocycles. The van der Waals surface area contributed by atoms with E-state index in [-0.39, 0.29) is 0 Å². The second-order valence-corrected chi connectivity index (χ2v) is 6.45. The molecule has 0 unspecified atom stereocenters. The summed E-state index contributed by atoms with van der Waals surface area (Å²) in [6, 6.07) is 16.3. The molecule has 24 heavy (non-hydrogen) atoms. The van der Waals surface area contributed by atoms with Gasteiger partial charge in [-0.1, -0.05) is 55.8 Å². The number of rotatable bonds is 6. The maximum atomic E-state index is 9.22. The van der Waals surface area contributed by atoms with E-state index < -0.39 is 7.12 Å². The van der Waals surface area contributed by atoms with Crippen LogP contribution in [0.2, 0.25) is 0 Å². The second-order valence-electron chi connectivity index (χ2n) is 6.45. The molecule has 3 nitrogen and oxygen atoms in total. The Kier molecular flexibility index (Phi) is 5.07. The molecular weight excluding hydrogens is 297 g/mol. The average Bonchev–Trinajstić information content (AvgIpc) is 2.92. The molecule has 0 bridgehead atoms. The van der Waals surface area contributed by atoms with Crippen molar-refractivity contribution in [2.24, 2.45) is 0 Å². The lowest BCUT2D eigenvalue weighted by Gasteiger charge is -2.12. The van der Waals surface area contributed by atoms with Crippen LogP contribution in [0.25, 0.3) is 10.9 Å². The first-order chi connectivity index (χ1) is 11.6. The predicted molar refractivity (Wildman–Crippen MR) is 101 cm³/mol. The third-order valence-corrected chi connectivity index (χ3v) is 4.61. The summed E-state index contributed by atoms with van der Waals surface area (Å²) in [6.07, 6.45) is 3.19. The molecule has 0 fully saturated rings. The van der Waals surface area contributed by atoms with Crippen LogP contribution >= 0.6 is 0 Å². The van der Waals surface area contributed by atoms with Crippen LogP contribution in [0.5, 0.6) is 0 Å². The van der Waals surface area contributed by atoms with Crippen molar-refractivity contribution in [1.82, 2.24) is 4.57 Å². The lowest BCUT2D eigenvalue weighted by Crippen LogP contribution is -2.29. The number of aromatic nitrogens is 1. The summed E-state index contributed by atoms with van der Waals surface area (Å²) in [7, 11) is -1.40. The molecule has 0 radical (unpaired) electrons. The first-order valence-corrected chi connectivity index (χ1v) is 8.63. The van der Waals surface area contributed by atoms with Gasteiger partial charge in [0.2, 0.25) is 0 Å². The van der Waals surface area contributed by atoms with Crippen molar-refractivity contribution < 1.29 is 10.0 Å². The van der Waals surface area contributed by atoms with Gasteiger partial charge in [0.25, 0.3) is 0 Å². The number of nitrogens with zero attached hydrogens (tertiary/aromatic N) is 1. The van der Waals surface area contributed by atoms with Crippen molar-refractivity contribution in [3.05, 3.63) is 65.4 Å². The number of benzene rings is 2. The zero-order valence-corrected chi connectivity index (χ0v) is 14.4. The SMILES string of the molecule is CCCCn1c(Cc2ccc(B(O)O)cc2)cc2cccc(C)c21. The standard InChI is InChI=1S/C20H24BNO2/c1-3-4-12-22-19(14-17-7-5-6-15(2)20(17)22)13-16-8-10-18(11-9-16)21(23)24/h5-11,14,23-24H,3-4,12-13H2,1-2H3. The zero-order chi connectivity index (χ0) is 17.1. The van der Waals surface area contributed by atoms with Crippen molar-refractivity contribution in [3.8, 4) is 0 Å². The number of fused-ring (bicyclic) bond motifs is 1. The summed E-state index contributed by atoms with van der Waals surface area (Å²) in [5.74, 6) is 0. The van der Waals surface area contributed by atoms with Crippen molar-refractivity contribution >= 4 is 23.5 Å². The molecular formula is C20H24BNO2. The highest BCUT2D eigenvalue weighted by molar-refractivity contribution is 6.58. The molecule has 0 saturated heterocycles. The maximum absolute atomic E-state index is 9.22. The molecule has 1 heterocycles. The van der Waals surface area contributed by atoms with Gasteiger partial charge < -0.3 is 14.6 Å². The van der Waals surface area contributed by atoms with E-state index in [0.29, 0.717) is 5.46 Å². The lowest BCUT2D eigenvalue weighted by molar-refractivity contribution is 0.426. The maximum Gasteiger partial charge on any atom is 0.488 e. The van der Waals surface area contributed by atoms with Gasteiger partial charge in [-0.3, -0.25) is 0 Å². The summed E-state index contributed by atoms with van der Waals surface area (Å²) >= 11 is 0. The Hall–Kier alpha value is -2.04. The molecule has 0 atom stereocenters. The molecule has 1 aromatic heterocycles. The van der Waals surface area contributed by atoms with Gasteiger partial charge in [0, 0.05) is 24.0 Å². The van der Waals surface area contributed by atoms with Gasteiger partial charge in [-0.2, -0.15) is 0 Å². The Morgan fingerprint density at radius 2 is 1.79 bits per heavy atom. The highest BCUT2D eigenvalue weighted by atomic mass is 16.4. The minimum atomic E-state index is -1.40. The molecule has 0 spiro atoms. The Morgan fingerprint density at radius 3 is 2.46 bits per heavy atom. The summed E-state index contributed by atoms with van der Waals surface area (Å²) in [5.41, 5.74) is 5.67. The monoisotopic (exact) mass is 321 g/mol. The normalized spacial score (nSPS) is 11.2. The average molecular weight is 321 g/mol. The van der Waals surface area contributed by atoms with Gasteiger partial charge in [-0.05, 0) is 36.0 Å². The minimum absolute atomic E-state index is 0.529. The van der Waals surface area contributed by atoms with Crippen LogP contribution < -0.4 is 5.46 Å². The Morgan fingerprint density at radius 1 is 1.04 bits per heavy atom. The van der Waals surface area contributed by atoms with Crippen LogP contribution in [0.4, 0.5) is 0 Å². The first kappa shape index (κ1) is 16.8. The Balaban J connectivity index is 1.97. The second kappa shape index (κ2) is 7.24. The van der Waals surface area contributed by atoms with E-state index in [9.17, 15) is 10.0 Å². The molecule has 2 aromatic carbocycles. The fraction of sp³-hybridized carbons (Fsp3) is 0.300. The van der Waals surface area contributed by atoms with Gasteiger partial charge >= 0.3 is 7.12 Å². The molecule has 0 saturated carbocycles. The van der Waals surface area contributed by atoms with Crippen molar-refractivity contribution in [1.29, 1.82) is 0 Å². The van der Waals surface area contributed by atoms with Crippen LogP contribution in [0.1, 0.15) is 36.6 Å². The summed E-state index contributed by atoms with van der Waals surface area (Å²) in [4.78, 5) is 0. The van der Waals surface area contributed by atoms with E-state index >= 15 is 0 Å². The molecule has 4 heteroatoms. The molecule has 2 N–H and O–H groups in total. The van der Waals surface area contributed by atoms with Gasteiger partial charge in [-0.25, -0.2) is 0 Å². The Labute approximate surface area is 143 Å². The number of aryl methyl sites for hydroxylation is 2. The van der Waals surface area contributed by atoms with Gasteiger partial charge in [0.1, 0.15) is 0 Å². The third kappa shape index (κ3) is 3.40. The summed E-state index contributed by atoms with van der Waals surface area (Å²) in [5, 5.41) is 19.7. The van der Waals surface area contributed by atoms with Crippen molar-refractivity contribution in [2.45, 2.75) is 39.7 Å². The van der Waals surface area contributed by atoms with Gasteiger partial charge in [0.05, 0.1) is 5.52 Å². The van der Waals surface area contributed by atoms with E-state index in [1.165, 1.54) is 40.6 Å². The summed E-state index contributed by atoms with van der Waals surface area (Å²) in [6.45, 7) is 5.43. The number of para-hydroxylation sites is 1. The van der Waals surface area contributed by atoms with Crippen molar-refractivity contribution in [2.75, 3.05) is 0 Å². The van der Waals surface area contributed by atoms with Crippen LogP contribution in [-0.4, -0.2) is 21.7 Å². The van der Waals surface area contributed by atoms with Crippen LogP contribution in [0.3, 0.4) is 0 Å². The molecule has 3 rings (SSSR count). The molecule has 3 aromatic rings. The molecule has 124 valence electrons. The van der Waals surface area contributed by atoms with Gasteiger partial charge in [0.15, 0.2) is 0 Å². The fourth-order valence-electron chi connectivity index (χ4n) is 3.30. The van der Waals surface area contributed by atoms with E-state index in [4.69, 9.17) is 0 Å². The van der Waals surface area contributed by atoms with E-state index in [2.05, 4.69) is 42.7 Å². The molecule has 0 aliphatic rings. The van der Waals surface area contributed by atoms with Gasteiger partial charge in [-0.15, -0.1) is 0 Å². The van der Waals surface area contributed by atoms with Crippen LogP contribution in [0.15, 0.2) is 48.5 Å². The summed E-state index contributed by atoms with van der Waals surface area (Å²) < 4.78 is 2.45. The van der Waals surface area contributed by atoms with E-state index in [1.54, 1.807) is 12.1 Å². The topological polar surface area (TPSA) is 45.4 Å². The number of unbranched alkanes of at least 4 members (excludes halogenated alkanes) is 1. The number of hydrogen-bond acceptors (Lipinski definition) is 2. The van der Waals surface area contributed by atoms with E-state index in [1.807, 2.05) is 12.1 Å². The lowest BCUT2D eigenvalue weighted by atomic mass is 9.80. The highest BCUT2D eigenvalue weighted by Crippen LogP contribution is 2.25. The smallest absolute Gasteiger partial charge is 0.423 e. The highest BCUT2D eigenvalue weighted by Gasteiger charge is 2.13. The quantitative estimate of drug-likeness (QED) is 0.686. The largest absolute Gasteiger partial charge is 0.488 e.